The second kappa shape index (κ2) is 3.84. The van der Waals surface area contributed by atoms with Gasteiger partial charge in [-0.25, -0.2) is 5.01 Å². The van der Waals surface area contributed by atoms with Gasteiger partial charge in [-0.15, -0.1) is 0 Å². The van der Waals surface area contributed by atoms with Gasteiger partial charge in [0.25, 0.3) is 0 Å². The fraction of sp³-hybridized carbons (Fsp3) is 0.294. The molecule has 100 valence electrons. The van der Waals surface area contributed by atoms with Gasteiger partial charge in [0.1, 0.15) is 6.17 Å². The van der Waals surface area contributed by atoms with Gasteiger partial charge in [-0.3, -0.25) is 5.43 Å². The van der Waals surface area contributed by atoms with E-state index in [-0.39, 0.29) is 0 Å². The molecule has 1 aromatic carbocycles. The topological polar surface area (TPSA) is 20.2 Å². The summed E-state index contributed by atoms with van der Waals surface area (Å²) >= 11 is 0. The fourth-order valence-corrected chi connectivity index (χ4v) is 3.99. The Hall–Kier alpha value is -1.84. The molecule has 1 aromatic heterocycles. The van der Waals surface area contributed by atoms with E-state index in [1.807, 2.05) is 0 Å². The standard InChI is InChI=1S/C17H17N3/c1-3-7-14-12(5-1)11-16-13-6-2-4-8-15(13)20-17(19(14)16)9-10-18-20/h1-7,11,15,17-18H,8-10H2. The normalized spacial score (nSPS) is 28.1. The van der Waals surface area contributed by atoms with Crippen LogP contribution in [-0.2, 0) is 0 Å². The van der Waals surface area contributed by atoms with Crippen LogP contribution in [0.1, 0.15) is 24.7 Å². The van der Waals surface area contributed by atoms with Crippen molar-refractivity contribution in [2.75, 3.05) is 6.54 Å². The lowest BCUT2D eigenvalue weighted by Crippen LogP contribution is -2.48. The first-order chi connectivity index (χ1) is 9.93. The molecule has 2 aliphatic heterocycles. The van der Waals surface area contributed by atoms with Crippen molar-refractivity contribution in [3.05, 3.63) is 54.3 Å². The van der Waals surface area contributed by atoms with Gasteiger partial charge < -0.3 is 4.57 Å². The number of hydrazine groups is 1. The number of fused-ring (bicyclic) bond motifs is 8. The van der Waals surface area contributed by atoms with E-state index >= 15 is 0 Å². The molecular formula is C17H17N3. The molecule has 0 bridgehead atoms. The molecular weight excluding hydrogens is 246 g/mol. The van der Waals surface area contributed by atoms with Crippen LogP contribution >= 0.6 is 0 Å². The number of benzene rings is 1. The Balaban J connectivity index is 1.85. The zero-order chi connectivity index (χ0) is 13.1. The predicted molar refractivity (Wildman–Crippen MR) is 81.0 cm³/mol. The van der Waals surface area contributed by atoms with E-state index in [2.05, 4.69) is 63.6 Å². The number of nitrogens with one attached hydrogen (secondary N) is 1. The summed E-state index contributed by atoms with van der Waals surface area (Å²) < 4.78 is 2.52. The van der Waals surface area contributed by atoms with Crippen LogP contribution in [0.2, 0.25) is 0 Å². The van der Waals surface area contributed by atoms with Gasteiger partial charge in [-0.05, 0) is 30.5 Å². The zero-order valence-corrected chi connectivity index (χ0v) is 11.3. The van der Waals surface area contributed by atoms with Crippen LogP contribution in [0.5, 0.6) is 0 Å². The van der Waals surface area contributed by atoms with Crippen molar-refractivity contribution in [3.8, 4) is 0 Å². The second-order valence-corrected chi connectivity index (χ2v) is 5.84. The molecule has 0 saturated carbocycles. The molecule has 3 aliphatic rings. The van der Waals surface area contributed by atoms with E-state index in [4.69, 9.17) is 0 Å². The molecule has 2 unspecified atom stereocenters. The minimum absolute atomic E-state index is 0.457. The Morgan fingerprint density at radius 3 is 3.15 bits per heavy atom. The van der Waals surface area contributed by atoms with E-state index < -0.39 is 0 Å². The molecule has 1 N–H and O–H groups in total. The van der Waals surface area contributed by atoms with Crippen LogP contribution in [0.3, 0.4) is 0 Å². The van der Waals surface area contributed by atoms with Gasteiger partial charge in [0, 0.05) is 23.1 Å². The van der Waals surface area contributed by atoms with Crippen molar-refractivity contribution in [3.63, 3.8) is 0 Å². The Kier molecular flexibility index (Phi) is 2.09. The fourth-order valence-electron chi connectivity index (χ4n) is 3.99. The summed E-state index contributed by atoms with van der Waals surface area (Å²) in [6.07, 6.45) is 9.51. The second-order valence-electron chi connectivity index (χ2n) is 5.84. The maximum absolute atomic E-state index is 3.59. The number of rotatable bonds is 0. The number of hydrogen-bond acceptors (Lipinski definition) is 2. The number of aromatic nitrogens is 1. The Morgan fingerprint density at radius 1 is 1.20 bits per heavy atom. The molecule has 2 aromatic rings. The molecule has 5 rings (SSSR count). The van der Waals surface area contributed by atoms with Crippen molar-refractivity contribution >= 4 is 16.5 Å². The molecule has 1 saturated heterocycles. The first kappa shape index (κ1) is 10.9. The van der Waals surface area contributed by atoms with Crippen molar-refractivity contribution < 1.29 is 0 Å². The minimum Gasteiger partial charge on any atom is -0.323 e. The third-order valence-electron chi connectivity index (χ3n) is 4.83. The monoisotopic (exact) mass is 263 g/mol. The first-order valence-corrected chi connectivity index (χ1v) is 7.42. The molecule has 2 atom stereocenters. The quantitative estimate of drug-likeness (QED) is 0.788. The molecule has 3 heteroatoms. The lowest BCUT2D eigenvalue weighted by molar-refractivity contribution is 0.0996. The summed E-state index contributed by atoms with van der Waals surface area (Å²) in [6.45, 7) is 1.07. The van der Waals surface area contributed by atoms with Gasteiger partial charge in [0.05, 0.1) is 6.04 Å². The summed E-state index contributed by atoms with van der Waals surface area (Å²) in [5.41, 5.74) is 7.81. The van der Waals surface area contributed by atoms with Crippen LogP contribution in [0, 0.1) is 0 Å². The lowest BCUT2D eigenvalue weighted by atomic mass is 9.93. The maximum Gasteiger partial charge on any atom is 0.102 e. The third kappa shape index (κ3) is 1.27. The number of nitrogens with zero attached hydrogens (tertiary/aromatic N) is 2. The van der Waals surface area contributed by atoms with E-state index in [1.54, 1.807) is 0 Å². The van der Waals surface area contributed by atoms with Gasteiger partial charge in [0.2, 0.25) is 0 Å². The lowest BCUT2D eigenvalue weighted by Gasteiger charge is -2.41. The summed E-state index contributed by atoms with van der Waals surface area (Å²) in [5, 5.41) is 3.82. The van der Waals surface area contributed by atoms with Crippen LogP contribution in [0.4, 0.5) is 0 Å². The van der Waals surface area contributed by atoms with Gasteiger partial charge >= 0.3 is 0 Å². The van der Waals surface area contributed by atoms with Crippen LogP contribution in [0.25, 0.3) is 16.5 Å². The van der Waals surface area contributed by atoms with Crippen molar-refractivity contribution in [1.29, 1.82) is 0 Å². The highest BCUT2D eigenvalue weighted by molar-refractivity contribution is 5.88. The predicted octanol–water partition coefficient (Wildman–Crippen LogP) is 3.08. The largest absolute Gasteiger partial charge is 0.323 e. The van der Waals surface area contributed by atoms with Crippen molar-refractivity contribution in [1.82, 2.24) is 15.0 Å². The van der Waals surface area contributed by atoms with Gasteiger partial charge in [0.15, 0.2) is 0 Å². The number of allylic oxidation sites excluding steroid dienone is 2. The Bertz CT molecular complexity index is 753. The Morgan fingerprint density at radius 2 is 2.15 bits per heavy atom. The van der Waals surface area contributed by atoms with Crippen LogP contribution in [-0.4, -0.2) is 22.2 Å². The summed E-state index contributed by atoms with van der Waals surface area (Å²) in [4.78, 5) is 0. The maximum atomic E-state index is 3.59. The first-order valence-electron chi connectivity index (χ1n) is 7.42. The highest BCUT2D eigenvalue weighted by atomic mass is 15.6. The summed E-state index contributed by atoms with van der Waals surface area (Å²) in [6, 6.07) is 11.6. The van der Waals surface area contributed by atoms with E-state index in [0.717, 1.165) is 13.0 Å². The number of para-hydroxylation sites is 1. The zero-order valence-electron chi connectivity index (χ0n) is 11.3. The average molecular weight is 263 g/mol. The van der Waals surface area contributed by atoms with E-state index in [0.29, 0.717) is 12.2 Å². The molecule has 1 fully saturated rings. The van der Waals surface area contributed by atoms with Crippen LogP contribution in [0.15, 0.2) is 48.6 Å². The van der Waals surface area contributed by atoms with Gasteiger partial charge in [-0.1, -0.05) is 36.4 Å². The van der Waals surface area contributed by atoms with Crippen molar-refractivity contribution in [2.24, 2.45) is 0 Å². The van der Waals surface area contributed by atoms with Gasteiger partial charge in [-0.2, -0.15) is 0 Å². The SMILES string of the molecule is C1=CCC2C(=C1)c1cc3ccccc3n1C1CCNN21. The van der Waals surface area contributed by atoms with E-state index in [9.17, 15) is 0 Å². The molecule has 0 spiro atoms. The average Bonchev–Trinajstić information content (AvgIpc) is 3.11. The molecule has 20 heavy (non-hydrogen) atoms. The molecule has 3 heterocycles. The smallest absolute Gasteiger partial charge is 0.102 e. The van der Waals surface area contributed by atoms with Crippen molar-refractivity contribution in [2.45, 2.75) is 25.0 Å². The number of hydrogen-bond donors (Lipinski definition) is 1. The highest BCUT2D eigenvalue weighted by Crippen LogP contribution is 2.43. The molecule has 0 amide bonds. The van der Waals surface area contributed by atoms with E-state index in [1.165, 1.54) is 28.6 Å². The summed E-state index contributed by atoms with van der Waals surface area (Å²) in [5.74, 6) is 0. The molecule has 1 aliphatic carbocycles. The Labute approximate surface area is 118 Å². The third-order valence-corrected chi connectivity index (χ3v) is 4.83. The minimum atomic E-state index is 0.457. The molecule has 0 radical (unpaired) electrons. The summed E-state index contributed by atoms with van der Waals surface area (Å²) in [7, 11) is 0. The van der Waals surface area contributed by atoms with Crippen LogP contribution < -0.4 is 5.43 Å². The highest BCUT2D eigenvalue weighted by Gasteiger charge is 2.40. The molecule has 3 nitrogen and oxygen atoms in total.